The van der Waals surface area contributed by atoms with Gasteiger partial charge < -0.3 is 15.5 Å². The molecule has 1 heterocycles. The van der Waals surface area contributed by atoms with E-state index < -0.39 is 0 Å². The van der Waals surface area contributed by atoms with Gasteiger partial charge in [-0.1, -0.05) is 55.5 Å². The van der Waals surface area contributed by atoms with E-state index in [0.717, 1.165) is 25.9 Å². The zero-order valence-electron chi connectivity index (χ0n) is 16.9. The molecule has 0 aliphatic carbocycles. The van der Waals surface area contributed by atoms with Crippen molar-refractivity contribution in [2.45, 2.75) is 39.8 Å². The molecule has 5 nitrogen and oxygen atoms in total. The summed E-state index contributed by atoms with van der Waals surface area (Å²) in [4.78, 5) is 19.3. The zero-order chi connectivity index (χ0) is 19.8. The fourth-order valence-electron chi connectivity index (χ4n) is 3.54. The van der Waals surface area contributed by atoms with Gasteiger partial charge in [-0.05, 0) is 42.0 Å². The summed E-state index contributed by atoms with van der Waals surface area (Å²) in [5, 5.41) is 6.43. The standard InChI is InChI=1S/C23H30N4O/c1-3-18-9-5-7-11-20(18)15-25-23(24-4-2)26-16-22(28)27-14-13-19-10-6-8-12-21(19)17-27/h5-12H,3-4,13-17H2,1-2H3,(H2,24,25,26). The van der Waals surface area contributed by atoms with Crippen molar-refractivity contribution < 1.29 is 4.79 Å². The molecule has 2 aromatic carbocycles. The van der Waals surface area contributed by atoms with Crippen LogP contribution in [0.4, 0.5) is 0 Å². The summed E-state index contributed by atoms with van der Waals surface area (Å²) in [7, 11) is 0. The van der Waals surface area contributed by atoms with Crippen molar-refractivity contribution in [2.75, 3.05) is 19.6 Å². The summed E-state index contributed by atoms with van der Waals surface area (Å²) in [6, 6.07) is 16.7. The lowest BCUT2D eigenvalue weighted by Gasteiger charge is -2.29. The van der Waals surface area contributed by atoms with Crippen LogP contribution >= 0.6 is 0 Å². The van der Waals surface area contributed by atoms with Crippen LogP contribution < -0.4 is 10.6 Å². The van der Waals surface area contributed by atoms with Gasteiger partial charge in [0, 0.05) is 19.6 Å². The fraction of sp³-hybridized carbons (Fsp3) is 0.391. The van der Waals surface area contributed by atoms with E-state index in [0.29, 0.717) is 19.0 Å². The highest BCUT2D eigenvalue weighted by atomic mass is 16.2. The number of guanidine groups is 1. The molecule has 0 unspecified atom stereocenters. The lowest BCUT2D eigenvalue weighted by Crippen LogP contribution is -2.45. The molecule has 28 heavy (non-hydrogen) atoms. The Kier molecular flexibility index (Phi) is 7.06. The average molecular weight is 379 g/mol. The third-order valence-corrected chi connectivity index (χ3v) is 5.14. The van der Waals surface area contributed by atoms with Crippen molar-refractivity contribution in [1.29, 1.82) is 0 Å². The topological polar surface area (TPSA) is 56.7 Å². The van der Waals surface area contributed by atoms with Crippen LogP contribution in [0, 0.1) is 0 Å². The van der Waals surface area contributed by atoms with Crippen molar-refractivity contribution in [1.82, 2.24) is 15.5 Å². The third-order valence-electron chi connectivity index (χ3n) is 5.14. The summed E-state index contributed by atoms with van der Waals surface area (Å²) in [6.07, 6.45) is 1.91. The molecule has 2 aromatic rings. The number of hydrogen-bond acceptors (Lipinski definition) is 2. The molecule has 2 N–H and O–H groups in total. The lowest BCUT2D eigenvalue weighted by molar-refractivity contribution is -0.130. The molecule has 1 aliphatic heterocycles. The van der Waals surface area contributed by atoms with Crippen molar-refractivity contribution >= 4 is 11.9 Å². The minimum atomic E-state index is 0.106. The number of carbonyl (C=O) groups excluding carboxylic acids is 1. The number of benzene rings is 2. The monoisotopic (exact) mass is 378 g/mol. The van der Waals surface area contributed by atoms with E-state index in [9.17, 15) is 4.79 Å². The second kappa shape index (κ2) is 9.93. The molecule has 0 saturated carbocycles. The van der Waals surface area contributed by atoms with E-state index in [1.807, 2.05) is 24.0 Å². The highest BCUT2D eigenvalue weighted by molar-refractivity contribution is 5.86. The molecule has 1 amide bonds. The van der Waals surface area contributed by atoms with Crippen molar-refractivity contribution in [3.63, 3.8) is 0 Å². The molecule has 0 fully saturated rings. The maximum absolute atomic E-state index is 12.7. The highest BCUT2D eigenvalue weighted by Gasteiger charge is 2.20. The summed E-state index contributed by atoms with van der Waals surface area (Å²) < 4.78 is 0. The van der Waals surface area contributed by atoms with Crippen LogP contribution in [0.2, 0.25) is 0 Å². The van der Waals surface area contributed by atoms with E-state index in [1.165, 1.54) is 22.3 Å². The van der Waals surface area contributed by atoms with Crippen LogP contribution in [-0.2, 0) is 30.7 Å². The minimum absolute atomic E-state index is 0.106. The van der Waals surface area contributed by atoms with Crippen LogP contribution in [0.25, 0.3) is 0 Å². The molecular formula is C23H30N4O. The smallest absolute Gasteiger partial charge is 0.242 e. The van der Waals surface area contributed by atoms with Gasteiger partial charge in [-0.2, -0.15) is 0 Å². The number of aliphatic imine (C=N–C) groups is 1. The number of amides is 1. The Morgan fingerprint density at radius 3 is 2.46 bits per heavy atom. The molecule has 0 atom stereocenters. The Morgan fingerprint density at radius 1 is 1.00 bits per heavy atom. The van der Waals surface area contributed by atoms with Crippen molar-refractivity contribution in [3.8, 4) is 0 Å². The van der Waals surface area contributed by atoms with E-state index in [-0.39, 0.29) is 12.5 Å². The Bertz CT molecular complexity index is 831. The van der Waals surface area contributed by atoms with Gasteiger partial charge in [-0.15, -0.1) is 0 Å². The molecule has 0 bridgehead atoms. The Morgan fingerprint density at radius 2 is 1.71 bits per heavy atom. The molecule has 3 rings (SSSR count). The summed E-state index contributed by atoms with van der Waals surface area (Å²) in [5.41, 5.74) is 5.13. The number of carbonyl (C=O) groups is 1. The maximum atomic E-state index is 12.7. The second-order valence-electron chi connectivity index (χ2n) is 7.00. The number of hydrogen-bond donors (Lipinski definition) is 2. The van der Waals surface area contributed by atoms with Crippen LogP contribution in [0.1, 0.15) is 36.1 Å². The molecule has 148 valence electrons. The molecule has 0 saturated heterocycles. The fourth-order valence-corrected chi connectivity index (χ4v) is 3.54. The first-order valence-electron chi connectivity index (χ1n) is 10.1. The largest absolute Gasteiger partial charge is 0.357 e. The Hall–Kier alpha value is -2.82. The van der Waals surface area contributed by atoms with Gasteiger partial charge in [0.15, 0.2) is 5.96 Å². The Balaban J connectivity index is 1.58. The quantitative estimate of drug-likeness (QED) is 0.600. The number of aryl methyl sites for hydroxylation is 1. The van der Waals surface area contributed by atoms with Gasteiger partial charge >= 0.3 is 0 Å². The Labute approximate surface area is 167 Å². The number of rotatable bonds is 6. The van der Waals surface area contributed by atoms with Gasteiger partial charge in [-0.3, -0.25) is 4.79 Å². The van der Waals surface area contributed by atoms with Gasteiger partial charge in [0.25, 0.3) is 0 Å². The average Bonchev–Trinajstić information content (AvgIpc) is 2.75. The van der Waals surface area contributed by atoms with Crippen molar-refractivity contribution in [3.05, 3.63) is 70.8 Å². The first kappa shape index (κ1) is 19.9. The van der Waals surface area contributed by atoms with Crippen LogP contribution in [0.5, 0.6) is 0 Å². The van der Waals surface area contributed by atoms with Crippen LogP contribution in [-0.4, -0.2) is 36.4 Å². The maximum Gasteiger partial charge on any atom is 0.242 e. The summed E-state index contributed by atoms with van der Waals surface area (Å²) in [5.74, 6) is 0.785. The minimum Gasteiger partial charge on any atom is -0.357 e. The van der Waals surface area contributed by atoms with Gasteiger partial charge in [0.05, 0.1) is 13.1 Å². The van der Waals surface area contributed by atoms with E-state index >= 15 is 0 Å². The SMILES string of the molecule is CCNC(=NCc1ccccc1CC)NCC(=O)N1CCc2ccccc2C1. The lowest BCUT2D eigenvalue weighted by atomic mass is 10.00. The van der Waals surface area contributed by atoms with E-state index in [4.69, 9.17) is 0 Å². The molecule has 0 radical (unpaired) electrons. The van der Waals surface area contributed by atoms with Crippen molar-refractivity contribution in [2.24, 2.45) is 4.99 Å². The predicted molar refractivity (Wildman–Crippen MR) is 114 cm³/mol. The predicted octanol–water partition coefficient (Wildman–Crippen LogP) is 2.89. The van der Waals surface area contributed by atoms with Crippen LogP contribution in [0.15, 0.2) is 53.5 Å². The molecule has 0 spiro atoms. The zero-order valence-corrected chi connectivity index (χ0v) is 16.9. The molecule has 5 heteroatoms. The van der Waals surface area contributed by atoms with Gasteiger partial charge in [0.1, 0.15) is 0 Å². The normalized spacial score (nSPS) is 13.8. The number of fused-ring (bicyclic) bond motifs is 1. The second-order valence-corrected chi connectivity index (χ2v) is 7.00. The van der Waals surface area contributed by atoms with Crippen LogP contribution in [0.3, 0.4) is 0 Å². The highest BCUT2D eigenvalue weighted by Crippen LogP contribution is 2.18. The van der Waals surface area contributed by atoms with Gasteiger partial charge in [0.2, 0.25) is 5.91 Å². The third kappa shape index (κ3) is 5.12. The first-order chi connectivity index (χ1) is 13.7. The first-order valence-corrected chi connectivity index (χ1v) is 10.1. The number of nitrogens with zero attached hydrogens (tertiary/aromatic N) is 2. The summed E-state index contributed by atoms with van der Waals surface area (Å²) in [6.45, 7) is 7.26. The summed E-state index contributed by atoms with van der Waals surface area (Å²) >= 11 is 0. The van der Waals surface area contributed by atoms with Gasteiger partial charge in [-0.25, -0.2) is 4.99 Å². The molecule has 1 aliphatic rings. The van der Waals surface area contributed by atoms with E-state index in [2.05, 4.69) is 58.9 Å². The number of nitrogens with one attached hydrogen (secondary N) is 2. The van der Waals surface area contributed by atoms with E-state index in [1.54, 1.807) is 0 Å². The molecular weight excluding hydrogens is 348 g/mol. The molecule has 0 aromatic heterocycles.